The number of sulfonamides is 1. The molecule has 27 heavy (non-hydrogen) atoms. The first-order chi connectivity index (χ1) is 12.8. The predicted molar refractivity (Wildman–Crippen MR) is 109 cm³/mol. The van der Waals surface area contributed by atoms with Crippen LogP contribution in [-0.2, 0) is 10.0 Å². The quantitative estimate of drug-likeness (QED) is 0.639. The summed E-state index contributed by atoms with van der Waals surface area (Å²) in [5.74, 6) is -0.177. The fourth-order valence-electron chi connectivity index (χ4n) is 3.00. The maximum atomic E-state index is 12.8. The summed E-state index contributed by atoms with van der Waals surface area (Å²) in [6.45, 7) is 7.16. The van der Waals surface area contributed by atoms with Crippen LogP contribution >= 0.6 is 11.6 Å². The normalized spacial score (nSPS) is 12.9. The Kier molecular flexibility index (Phi) is 7.56. The second kappa shape index (κ2) is 9.46. The van der Waals surface area contributed by atoms with Crippen molar-refractivity contribution in [3.05, 3.63) is 64.7 Å². The molecule has 1 atom stereocenters. The zero-order chi connectivity index (χ0) is 20.0. The average molecular weight is 409 g/mol. The zero-order valence-electron chi connectivity index (χ0n) is 15.8. The number of ketones is 1. The molecule has 0 bridgehead atoms. The number of nitrogens with one attached hydrogen (secondary N) is 1. The maximum Gasteiger partial charge on any atom is 0.240 e. The van der Waals surface area contributed by atoms with Crippen molar-refractivity contribution in [2.75, 3.05) is 19.6 Å². The molecule has 1 N–H and O–H groups in total. The number of carbonyl (C=O) groups excluding carboxylic acids is 1. The Hall–Kier alpha value is -1.73. The van der Waals surface area contributed by atoms with Gasteiger partial charge in [0.25, 0.3) is 0 Å². The van der Waals surface area contributed by atoms with E-state index < -0.39 is 10.0 Å². The maximum absolute atomic E-state index is 12.8. The van der Waals surface area contributed by atoms with E-state index in [-0.39, 0.29) is 23.3 Å². The predicted octanol–water partition coefficient (Wildman–Crippen LogP) is 3.90. The van der Waals surface area contributed by atoms with Crippen molar-refractivity contribution in [2.45, 2.75) is 31.7 Å². The Morgan fingerprint density at radius 2 is 1.78 bits per heavy atom. The molecule has 0 fully saturated rings. The van der Waals surface area contributed by atoms with Gasteiger partial charge >= 0.3 is 0 Å². The lowest BCUT2D eigenvalue weighted by Gasteiger charge is -2.30. The third kappa shape index (κ3) is 5.39. The highest BCUT2D eigenvalue weighted by Gasteiger charge is 2.23. The number of Topliss-reactive ketones (excluding diaryl/α,β-unsaturated/α-hetero) is 1. The molecule has 0 heterocycles. The van der Waals surface area contributed by atoms with E-state index in [0.717, 1.165) is 18.7 Å². The minimum absolute atomic E-state index is 0.0765. The lowest BCUT2D eigenvalue weighted by molar-refractivity contribution is 0.101. The van der Waals surface area contributed by atoms with Gasteiger partial charge in [-0.1, -0.05) is 55.8 Å². The molecular weight excluding hydrogens is 384 g/mol. The molecule has 0 saturated heterocycles. The van der Waals surface area contributed by atoms with Crippen molar-refractivity contribution < 1.29 is 13.2 Å². The number of rotatable bonds is 9. The van der Waals surface area contributed by atoms with E-state index in [1.165, 1.54) is 19.1 Å². The Morgan fingerprint density at radius 3 is 2.37 bits per heavy atom. The molecule has 2 aromatic carbocycles. The summed E-state index contributed by atoms with van der Waals surface area (Å²) in [4.78, 5) is 13.8. The van der Waals surface area contributed by atoms with E-state index in [0.29, 0.717) is 10.6 Å². The lowest BCUT2D eigenvalue weighted by Crippen LogP contribution is -2.38. The number of halogens is 1. The number of nitrogens with zero attached hydrogens (tertiary/aromatic N) is 1. The molecule has 0 aliphatic rings. The lowest BCUT2D eigenvalue weighted by atomic mass is 10.1. The third-order valence-corrected chi connectivity index (χ3v) is 6.30. The molecule has 7 heteroatoms. The molecule has 0 amide bonds. The molecule has 5 nitrogen and oxygen atoms in total. The van der Waals surface area contributed by atoms with Crippen LogP contribution in [0.15, 0.2) is 53.4 Å². The van der Waals surface area contributed by atoms with Crippen LogP contribution in [0.25, 0.3) is 0 Å². The first-order valence-corrected chi connectivity index (χ1v) is 10.7. The SMILES string of the molecule is CCN(CC)C(CNS(=O)(=O)c1cccc(C(C)=O)c1)c1ccccc1Cl. The van der Waals surface area contributed by atoms with Gasteiger partial charge in [-0.15, -0.1) is 0 Å². The molecule has 2 rings (SSSR count). The Morgan fingerprint density at radius 1 is 1.11 bits per heavy atom. The second-order valence-electron chi connectivity index (χ2n) is 6.19. The van der Waals surface area contributed by atoms with Crippen LogP contribution < -0.4 is 4.72 Å². The highest BCUT2D eigenvalue weighted by molar-refractivity contribution is 7.89. The summed E-state index contributed by atoms with van der Waals surface area (Å²) in [5, 5.41) is 0.604. The molecule has 0 aliphatic carbocycles. The van der Waals surface area contributed by atoms with Crippen LogP contribution in [0.4, 0.5) is 0 Å². The summed E-state index contributed by atoms with van der Waals surface area (Å²) >= 11 is 6.36. The molecule has 1 unspecified atom stereocenters. The molecule has 0 aliphatic heterocycles. The second-order valence-corrected chi connectivity index (χ2v) is 8.37. The minimum Gasteiger partial charge on any atom is -0.296 e. The summed E-state index contributed by atoms with van der Waals surface area (Å²) < 4.78 is 28.2. The summed E-state index contributed by atoms with van der Waals surface area (Å²) in [5.41, 5.74) is 1.24. The summed E-state index contributed by atoms with van der Waals surface area (Å²) in [6.07, 6.45) is 0. The standard InChI is InChI=1S/C20H25ClN2O3S/c1-4-23(5-2)20(18-11-6-7-12-19(18)21)14-22-27(25,26)17-10-8-9-16(13-17)15(3)24/h6-13,20,22H,4-5,14H2,1-3H3. The van der Waals surface area contributed by atoms with E-state index in [1.807, 2.05) is 32.0 Å². The highest BCUT2D eigenvalue weighted by Crippen LogP contribution is 2.27. The summed E-state index contributed by atoms with van der Waals surface area (Å²) in [6, 6.07) is 13.3. The molecule has 0 spiro atoms. The first kappa shape index (κ1) is 21.6. The molecule has 2 aromatic rings. The van der Waals surface area contributed by atoms with Crippen molar-refractivity contribution in [1.29, 1.82) is 0 Å². The fourth-order valence-corrected chi connectivity index (χ4v) is 4.35. The van der Waals surface area contributed by atoms with Crippen molar-refractivity contribution in [3.63, 3.8) is 0 Å². The van der Waals surface area contributed by atoms with Crippen LogP contribution in [0.1, 0.15) is 42.7 Å². The molecule has 0 saturated carbocycles. The van der Waals surface area contributed by atoms with Gasteiger partial charge in [0, 0.05) is 23.2 Å². The van der Waals surface area contributed by atoms with Gasteiger partial charge in [-0.2, -0.15) is 0 Å². The van der Waals surface area contributed by atoms with Gasteiger partial charge in [0.05, 0.1) is 4.90 Å². The molecular formula is C20H25ClN2O3S. The van der Waals surface area contributed by atoms with Gasteiger partial charge < -0.3 is 0 Å². The van der Waals surface area contributed by atoms with Crippen LogP contribution in [-0.4, -0.2) is 38.7 Å². The molecule has 146 valence electrons. The van der Waals surface area contributed by atoms with Gasteiger partial charge in [-0.05, 0) is 43.8 Å². The van der Waals surface area contributed by atoms with Crippen molar-refractivity contribution in [3.8, 4) is 0 Å². The summed E-state index contributed by atoms with van der Waals surface area (Å²) in [7, 11) is -3.75. The van der Waals surface area contributed by atoms with Gasteiger partial charge in [-0.25, -0.2) is 13.1 Å². The van der Waals surface area contributed by atoms with Crippen LogP contribution in [0.3, 0.4) is 0 Å². The monoisotopic (exact) mass is 408 g/mol. The van der Waals surface area contributed by atoms with Crippen molar-refractivity contribution >= 4 is 27.4 Å². The van der Waals surface area contributed by atoms with Gasteiger partial charge in [-0.3, -0.25) is 9.69 Å². The number of likely N-dealkylation sites (N-methyl/N-ethyl adjacent to an activating group) is 1. The number of benzene rings is 2. The third-order valence-electron chi connectivity index (χ3n) is 4.53. The number of hydrogen-bond acceptors (Lipinski definition) is 4. The topological polar surface area (TPSA) is 66.5 Å². The molecule has 0 aromatic heterocycles. The smallest absolute Gasteiger partial charge is 0.240 e. The fraction of sp³-hybridized carbons (Fsp3) is 0.350. The first-order valence-electron chi connectivity index (χ1n) is 8.89. The van der Waals surface area contributed by atoms with Gasteiger partial charge in [0.1, 0.15) is 0 Å². The minimum atomic E-state index is -3.75. The van der Waals surface area contributed by atoms with Crippen molar-refractivity contribution in [2.24, 2.45) is 0 Å². The highest BCUT2D eigenvalue weighted by atomic mass is 35.5. The van der Waals surface area contributed by atoms with Crippen LogP contribution in [0.5, 0.6) is 0 Å². The van der Waals surface area contributed by atoms with Crippen molar-refractivity contribution in [1.82, 2.24) is 9.62 Å². The van der Waals surface area contributed by atoms with Gasteiger partial charge in [0.2, 0.25) is 10.0 Å². The van der Waals surface area contributed by atoms with Gasteiger partial charge in [0.15, 0.2) is 5.78 Å². The Labute approximate surface area is 166 Å². The number of carbonyl (C=O) groups is 1. The Balaban J connectivity index is 2.29. The number of hydrogen-bond donors (Lipinski definition) is 1. The average Bonchev–Trinajstić information content (AvgIpc) is 2.66. The van der Waals surface area contributed by atoms with Crippen LogP contribution in [0, 0.1) is 0 Å². The largest absolute Gasteiger partial charge is 0.296 e. The molecule has 0 radical (unpaired) electrons. The van der Waals surface area contributed by atoms with E-state index in [2.05, 4.69) is 9.62 Å². The van der Waals surface area contributed by atoms with E-state index in [1.54, 1.807) is 18.2 Å². The zero-order valence-corrected chi connectivity index (χ0v) is 17.3. The Bertz CT molecular complexity index is 896. The van der Waals surface area contributed by atoms with Crippen LogP contribution in [0.2, 0.25) is 5.02 Å². The van der Waals surface area contributed by atoms with E-state index >= 15 is 0 Å². The van der Waals surface area contributed by atoms with E-state index in [9.17, 15) is 13.2 Å². The van der Waals surface area contributed by atoms with E-state index in [4.69, 9.17) is 11.6 Å².